The number of rotatable bonds is 6. The summed E-state index contributed by atoms with van der Waals surface area (Å²) in [6, 6.07) is 20.3. The Morgan fingerprint density at radius 1 is 1.12 bits per heavy atom. The maximum atomic E-state index is 14.1. The van der Waals surface area contributed by atoms with Gasteiger partial charge in [-0.15, -0.1) is 0 Å². The van der Waals surface area contributed by atoms with Crippen molar-refractivity contribution in [1.29, 1.82) is 5.26 Å². The summed E-state index contributed by atoms with van der Waals surface area (Å²) in [5.41, 5.74) is 3.63. The summed E-state index contributed by atoms with van der Waals surface area (Å²) in [6.45, 7) is 3.97. The average molecular weight is 454 g/mol. The third-order valence-electron chi connectivity index (χ3n) is 7.59. The highest BCUT2D eigenvalue weighted by molar-refractivity contribution is 5.89. The van der Waals surface area contributed by atoms with Crippen LogP contribution in [0.5, 0.6) is 0 Å². The highest BCUT2D eigenvalue weighted by Gasteiger charge is 2.51. The van der Waals surface area contributed by atoms with Gasteiger partial charge in [-0.2, -0.15) is 5.26 Å². The van der Waals surface area contributed by atoms with Gasteiger partial charge in [0.05, 0.1) is 23.4 Å². The number of nitrogens with one attached hydrogen (secondary N) is 1. The maximum Gasteiger partial charge on any atom is 0.233 e. The Labute approximate surface area is 201 Å². The molecule has 2 atom stereocenters. The summed E-state index contributed by atoms with van der Waals surface area (Å²) in [5.74, 6) is 0.523. The molecular formula is C28H31N5O. The standard InChI is InChI=1S/C28H31N5O/c29-18-22-8-10-23(11-9-22)20-33-21-31-19-26(33)17-25-7-4-12-28(25,24-5-2-1-3-6-24)27(34)32-15-13-30-14-16-32/h1-3,5-6,8-11,19,21,25,30H,4,7,12-17,20H2. The van der Waals surface area contributed by atoms with E-state index < -0.39 is 5.41 Å². The van der Waals surface area contributed by atoms with Crippen LogP contribution >= 0.6 is 0 Å². The van der Waals surface area contributed by atoms with Crippen molar-refractivity contribution in [1.82, 2.24) is 19.8 Å². The molecule has 0 bridgehead atoms. The van der Waals surface area contributed by atoms with Gasteiger partial charge in [0.25, 0.3) is 0 Å². The van der Waals surface area contributed by atoms with E-state index in [0.29, 0.717) is 18.0 Å². The first-order valence-corrected chi connectivity index (χ1v) is 12.2. The fourth-order valence-electron chi connectivity index (χ4n) is 5.82. The molecule has 0 radical (unpaired) electrons. The van der Waals surface area contributed by atoms with Crippen LogP contribution in [0, 0.1) is 17.2 Å². The number of hydrogen-bond acceptors (Lipinski definition) is 4. The van der Waals surface area contributed by atoms with Gasteiger partial charge in [0.15, 0.2) is 0 Å². The van der Waals surface area contributed by atoms with Crippen molar-refractivity contribution in [2.75, 3.05) is 26.2 Å². The second-order valence-electron chi connectivity index (χ2n) is 9.49. The van der Waals surface area contributed by atoms with Crippen LogP contribution < -0.4 is 5.32 Å². The summed E-state index contributed by atoms with van der Waals surface area (Å²) in [6.07, 6.45) is 7.64. The highest BCUT2D eigenvalue weighted by atomic mass is 16.2. The lowest BCUT2D eigenvalue weighted by atomic mass is 9.69. The Balaban J connectivity index is 1.44. The summed E-state index contributed by atoms with van der Waals surface area (Å²) < 4.78 is 2.19. The van der Waals surface area contributed by atoms with Crippen molar-refractivity contribution in [2.45, 2.75) is 37.6 Å². The zero-order valence-electron chi connectivity index (χ0n) is 19.5. The molecular weight excluding hydrogens is 422 g/mol. The number of benzene rings is 2. The fourth-order valence-corrected chi connectivity index (χ4v) is 5.82. The van der Waals surface area contributed by atoms with Crippen LogP contribution in [0.15, 0.2) is 67.1 Å². The second kappa shape index (κ2) is 9.82. The second-order valence-corrected chi connectivity index (χ2v) is 9.49. The number of amides is 1. The van der Waals surface area contributed by atoms with Gasteiger partial charge < -0.3 is 14.8 Å². The number of carbonyl (C=O) groups excluding carboxylic acids is 1. The van der Waals surface area contributed by atoms with E-state index in [9.17, 15) is 4.79 Å². The van der Waals surface area contributed by atoms with Crippen molar-refractivity contribution in [2.24, 2.45) is 5.92 Å². The lowest BCUT2D eigenvalue weighted by molar-refractivity contribution is -0.139. The van der Waals surface area contributed by atoms with E-state index in [2.05, 4.69) is 50.1 Å². The molecule has 1 N–H and O–H groups in total. The summed E-state index contributed by atoms with van der Waals surface area (Å²) >= 11 is 0. The predicted octanol–water partition coefficient (Wildman–Crippen LogP) is 3.52. The van der Waals surface area contributed by atoms with Crippen molar-refractivity contribution in [3.05, 3.63) is 89.5 Å². The molecule has 1 saturated carbocycles. The molecule has 2 unspecified atom stereocenters. The largest absolute Gasteiger partial charge is 0.339 e. The van der Waals surface area contributed by atoms with Crippen molar-refractivity contribution >= 4 is 5.91 Å². The van der Waals surface area contributed by atoms with Crippen LogP contribution in [0.3, 0.4) is 0 Å². The monoisotopic (exact) mass is 453 g/mol. The third-order valence-corrected chi connectivity index (χ3v) is 7.59. The van der Waals surface area contributed by atoms with E-state index >= 15 is 0 Å². The zero-order valence-corrected chi connectivity index (χ0v) is 19.5. The van der Waals surface area contributed by atoms with Gasteiger partial charge in [0.2, 0.25) is 5.91 Å². The molecule has 5 rings (SSSR count). The van der Waals surface area contributed by atoms with Crippen LogP contribution in [0.4, 0.5) is 0 Å². The summed E-state index contributed by atoms with van der Waals surface area (Å²) in [4.78, 5) is 20.7. The predicted molar refractivity (Wildman–Crippen MR) is 131 cm³/mol. The lowest BCUT2D eigenvalue weighted by Crippen LogP contribution is -2.55. The first kappa shape index (κ1) is 22.4. The minimum atomic E-state index is -0.484. The number of imidazole rings is 1. The quantitative estimate of drug-likeness (QED) is 0.620. The SMILES string of the molecule is N#Cc1ccc(Cn2cncc2CC2CCCC2(C(=O)N2CCNCC2)c2ccccc2)cc1. The first-order valence-electron chi connectivity index (χ1n) is 12.2. The van der Waals surface area contributed by atoms with Crippen molar-refractivity contribution < 1.29 is 4.79 Å². The molecule has 34 heavy (non-hydrogen) atoms. The van der Waals surface area contributed by atoms with Crippen molar-refractivity contribution in [3.8, 4) is 6.07 Å². The molecule has 1 saturated heterocycles. The number of carbonyl (C=O) groups is 1. The molecule has 1 aliphatic heterocycles. The Hall–Kier alpha value is -3.43. The fraction of sp³-hybridized carbons (Fsp3) is 0.393. The molecule has 2 heterocycles. The first-order chi connectivity index (χ1) is 16.7. The van der Waals surface area contributed by atoms with Crippen LogP contribution in [-0.2, 0) is 23.2 Å². The molecule has 3 aromatic rings. The molecule has 6 heteroatoms. The smallest absolute Gasteiger partial charge is 0.233 e. The van der Waals surface area contributed by atoms with Gasteiger partial charge in [-0.3, -0.25) is 4.79 Å². The van der Waals surface area contributed by atoms with E-state index in [-0.39, 0.29) is 5.92 Å². The Morgan fingerprint density at radius 2 is 1.88 bits per heavy atom. The molecule has 2 aliphatic rings. The minimum Gasteiger partial charge on any atom is -0.339 e. The Morgan fingerprint density at radius 3 is 2.62 bits per heavy atom. The molecule has 1 aliphatic carbocycles. The topological polar surface area (TPSA) is 74.0 Å². The minimum absolute atomic E-state index is 0.230. The van der Waals surface area contributed by atoms with Crippen LogP contribution in [-0.4, -0.2) is 46.5 Å². The third kappa shape index (κ3) is 4.24. The summed E-state index contributed by atoms with van der Waals surface area (Å²) in [5, 5.41) is 12.4. The number of nitriles is 1. The average Bonchev–Trinajstić information content (AvgIpc) is 3.53. The van der Waals surface area contributed by atoms with E-state index in [1.54, 1.807) is 0 Å². The van der Waals surface area contributed by atoms with E-state index in [1.165, 1.54) is 0 Å². The Bertz CT molecular complexity index is 1160. The molecule has 174 valence electrons. The van der Waals surface area contributed by atoms with Crippen LogP contribution in [0.2, 0.25) is 0 Å². The van der Waals surface area contributed by atoms with Crippen LogP contribution in [0.25, 0.3) is 0 Å². The van der Waals surface area contributed by atoms with Crippen LogP contribution in [0.1, 0.15) is 41.6 Å². The lowest BCUT2D eigenvalue weighted by Gasteiger charge is -2.41. The highest BCUT2D eigenvalue weighted by Crippen LogP contribution is 2.48. The van der Waals surface area contributed by atoms with Gasteiger partial charge in [0.1, 0.15) is 0 Å². The number of nitrogens with zero attached hydrogens (tertiary/aromatic N) is 4. The molecule has 2 aromatic carbocycles. The Kier molecular flexibility index (Phi) is 6.46. The number of aromatic nitrogens is 2. The van der Waals surface area contributed by atoms with Gasteiger partial charge >= 0.3 is 0 Å². The molecule has 2 fully saturated rings. The zero-order chi connectivity index (χ0) is 23.4. The van der Waals surface area contributed by atoms with E-state index in [0.717, 1.165) is 68.7 Å². The van der Waals surface area contributed by atoms with Gasteiger partial charge in [-0.05, 0) is 48.4 Å². The van der Waals surface area contributed by atoms with Gasteiger partial charge in [-0.1, -0.05) is 48.9 Å². The number of hydrogen-bond donors (Lipinski definition) is 1. The van der Waals surface area contributed by atoms with Gasteiger partial charge in [-0.25, -0.2) is 4.98 Å². The molecule has 6 nitrogen and oxygen atoms in total. The molecule has 1 amide bonds. The molecule has 1 aromatic heterocycles. The normalized spacial score (nSPS) is 22.4. The molecule has 0 spiro atoms. The van der Waals surface area contributed by atoms with Crippen molar-refractivity contribution in [3.63, 3.8) is 0 Å². The van der Waals surface area contributed by atoms with E-state index in [4.69, 9.17) is 5.26 Å². The van der Waals surface area contributed by atoms with Gasteiger partial charge in [0, 0.05) is 44.6 Å². The maximum absolute atomic E-state index is 14.1. The summed E-state index contributed by atoms with van der Waals surface area (Å²) in [7, 11) is 0. The number of piperazine rings is 1. The van der Waals surface area contributed by atoms with E-state index in [1.807, 2.05) is 42.9 Å².